The third-order valence-corrected chi connectivity index (χ3v) is 4.12. The Labute approximate surface area is 127 Å². The van der Waals surface area contributed by atoms with Gasteiger partial charge in [-0.2, -0.15) is 10.1 Å². The van der Waals surface area contributed by atoms with E-state index < -0.39 is 0 Å². The summed E-state index contributed by atoms with van der Waals surface area (Å²) in [6.07, 6.45) is 4.77. The molecular formula is C15H18N6O. The maximum atomic E-state index is 6.11. The monoisotopic (exact) mass is 298 g/mol. The minimum atomic E-state index is 0.111. The Morgan fingerprint density at radius 2 is 2.18 bits per heavy atom. The normalized spacial score (nSPS) is 16.3. The molecule has 2 N–H and O–H groups in total. The van der Waals surface area contributed by atoms with Gasteiger partial charge in [-0.15, -0.1) is 0 Å². The second-order valence-corrected chi connectivity index (χ2v) is 6.05. The van der Waals surface area contributed by atoms with Crippen LogP contribution in [-0.4, -0.2) is 30.8 Å². The molecule has 0 radical (unpaired) electrons. The zero-order chi connectivity index (χ0) is 15.3. The topological polar surface area (TPSA) is 95.1 Å². The molecular weight excluding hydrogens is 280 g/mol. The van der Waals surface area contributed by atoms with Crippen molar-refractivity contribution < 1.29 is 4.52 Å². The smallest absolute Gasteiger partial charge is 0.228 e. The first-order valence-electron chi connectivity index (χ1n) is 7.52. The molecule has 3 aromatic heterocycles. The van der Waals surface area contributed by atoms with E-state index in [0.29, 0.717) is 24.1 Å². The zero-order valence-electron chi connectivity index (χ0n) is 12.7. The standard InChI is InChI=1S/C15H18N6O/c1-8-5-9(2)21-15(18-8)11(7-17-21)14-19-13(22-20-14)6-12(16)10-3-4-10/h5,7,10,12H,3-4,6,16H2,1-2H3. The van der Waals surface area contributed by atoms with Gasteiger partial charge >= 0.3 is 0 Å². The molecule has 0 aliphatic heterocycles. The number of fused-ring (bicyclic) bond motifs is 1. The van der Waals surface area contributed by atoms with Gasteiger partial charge in [0.15, 0.2) is 5.65 Å². The first kappa shape index (κ1) is 13.4. The van der Waals surface area contributed by atoms with Gasteiger partial charge in [-0.3, -0.25) is 0 Å². The molecule has 3 aromatic rings. The predicted molar refractivity (Wildman–Crippen MR) is 80.2 cm³/mol. The van der Waals surface area contributed by atoms with E-state index >= 15 is 0 Å². The molecule has 7 nitrogen and oxygen atoms in total. The van der Waals surface area contributed by atoms with Crippen LogP contribution in [0.25, 0.3) is 17.0 Å². The molecule has 1 saturated carbocycles. The van der Waals surface area contributed by atoms with Gasteiger partial charge in [0, 0.05) is 23.9 Å². The Balaban J connectivity index is 1.68. The highest BCUT2D eigenvalue weighted by Crippen LogP contribution is 2.33. The number of aromatic nitrogens is 5. The summed E-state index contributed by atoms with van der Waals surface area (Å²) >= 11 is 0. The Kier molecular flexibility index (Phi) is 2.97. The van der Waals surface area contributed by atoms with Crippen molar-refractivity contribution in [3.63, 3.8) is 0 Å². The molecule has 0 aromatic carbocycles. The fraction of sp³-hybridized carbons (Fsp3) is 0.467. The van der Waals surface area contributed by atoms with Crippen LogP contribution in [0, 0.1) is 19.8 Å². The molecule has 1 unspecified atom stereocenters. The number of nitrogens with two attached hydrogens (primary N) is 1. The van der Waals surface area contributed by atoms with Gasteiger partial charge in [-0.25, -0.2) is 9.50 Å². The molecule has 114 valence electrons. The average Bonchev–Trinajstić information content (AvgIpc) is 3.09. The van der Waals surface area contributed by atoms with Crippen LogP contribution in [0.1, 0.15) is 30.1 Å². The number of hydrogen-bond donors (Lipinski definition) is 1. The number of hydrogen-bond acceptors (Lipinski definition) is 6. The van der Waals surface area contributed by atoms with Gasteiger partial charge in [0.1, 0.15) is 0 Å². The van der Waals surface area contributed by atoms with E-state index in [2.05, 4.69) is 20.2 Å². The summed E-state index contributed by atoms with van der Waals surface area (Å²) in [5.41, 5.74) is 9.60. The van der Waals surface area contributed by atoms with E-state index in [-0.39, 0.29) is 6.04 Å². The summed E-state index contributed by atoms with van der Waals surface area (Å²) < 4.78 is 7.13. The van der Waals surface area contributed by atoms with Gasteiger partial charge in [0.2, 0.25) is 11.7 Å². The van der Waals surface area contributed by atoms with E-state index in [4.69, 9.17) is 10.3 Å². The second kappa shape index (κ2) is 4.88. The lowest BCUT2D eigenvalue weighted by molar-refractivity contribution is 0.364. The van der Waals surface area contributed by atoms with Crippen molar-refractivity contribution in [2.75, 3.05) is 0 Å². The lowest BCUT2D eigenvalue weighted by Gasteiger charge is -2.04. The molecule has 1 fully saturated rings. The Morgan fingerprint density at radius 3 is 2.95 bits per heavy atom. The first-order chi connectivity index (χ1) is 10.6. The first-order valence-corrected chi connectivity index (χ1v) is 7.52. The minimum absolute atomic E-state index is 0.111. The summed E-state index contributed by atoms with van der Waals surface area (Å²) in [4.78, 5) is 9.00. The van der Waals surface area contributed by atoms with Gasteiger partial charge in [-0.1, -0.05) is 5.16 Å². The SMILES string of the molecule is Cc1cc(C)n2ncc(-c3noc(CC(N)C4CC4)n3)c2n1. The third kappa shape index (κ3) is 2.27. The van der Waals surface area contributed by atoms with Crippen LogP contribution in [0.3, 0.4) is 0 Å². The Bertz CT molecular complexity index is 832. The van der Waals surface area contributed by atoms with Gasteiger partial charge in [-0.05, 0) is 38.7 Å². The summed E-state index contributed by atoms with van der Waals surface area (Å²) in [5.74, 6) is 1.71. The third-order valence-electron chi connectivity index (χ3n) is 4.12. The Hall–Kier alpha value is -2.28. The minimum Gasteiger partial charge on any atom is -0.339 e. The van der Waals surface area contributed by atoms with E-state index in [9.17, 15) is 0 Å². The molecule has 1 atom stereocenters. The van der Waals surface area contributed by atoms with Gasteiger partial charge in [0.25, 0.3) is 0 Å². The summed E-state index contributed by atoms with van der Waals surface area (Å²) in [5, 5.41) is 8.42. The van der Waals surface area contributed by atoms with Crippen molar-refractivity contribution in [3.8, 4) is 11.4 Å². The highest BCUT2D eigenvalue weighted by atomic mass is 16.5. The molecule has 0 amide bonds. The quantitative estimate of drug-likeness (QED) is 0.787. The van der Waals surface area contributed by atoms with Crippen LogP contribution in [-0.2, 0) is 6.42 Å². The van der Waals surface area contributed by atoms with Gasteiger partial charge < -0.3 is 10.3 Å². The van der Waals surface area contributed by atoms with Crippen molar-refractivity contribution in [1.82, 2.24) is 24.7 Å². The molecule has 0 saturated heterocycles. The molecule has 0 bridgehead atoms. The summed E-state index contributed by atoms with van der Waals surface area (Å²) in [7, 11) is 0. The van der Waals surface area contributed by atoms with Crippen molar-refractivity contribution in [2.24, 2.45) is 11.7 Å². The lowest BCUT2D eigenvalue weighted by Crippen LogP contribution is -2.25. The van der Waals surface area contributed by atoms with E-state index in [1.54, 1.807) is 10.7 Å². The number of nitrogens with zero attached hydrogens (tertiary/aromatic N) is 5. The predicted octanol–water partition coefficient (Wildman–Crippen LogP) is 1.68. The fourth-order valence-electron chi connectivity index (χ4n) is 2.77. The van der Waals surface area contributed by atoms with Crippen LogP contribution in [0.2, 0.25) is 0 Å². The van der Waals surface area contributed by atoms with E-state index in [0.717, 1.165) is 22.6 Å². The summed E-state index contributed by atoms with van der Waals surface area (Å²) in [6, 6.07) is 2.10. The number of aryl methyl sites for hydroxylation is 2. The summed E-state index contributed by atoms with van der Waals surface area (Å²) in [6.45, 7) is 3.95. The second-order valence-electron chi connectivity index (χ2n) is 6.05. The number of rotatable bonds is 4. The molecule has 3 heterocycles. The highest BCUT2D eigenvalue weighted by Gasteiger charge is 2.30. The maximum absolute atomic E-state index is 6.11. The van der Waals surface area contributed by atoms with E-state index in [1.807, 2.05) is 19.9 Å². The van der Waals surface area contributed by atoms with Crippen molar-refractivity contribution in [1.29, 1.82) is 0 Å². The van der Waals surface area contributed by atoms with Gasteiger partial charge in [0.05, 0.1) is 11.8 Å². The molecule has 22 heavy (non-hydrogen) atoms. The average molecular weight is 298 g/mol. The van der Waals surface area contributed by atoms with Crippen LogP contribution < -0.4 is 5.73 Å². The highest BCUT2D eigenvalue weighted by molar-refractivity contribution is 5.72. The Morgan fingerprint density at radius 1 is 1.36 bits per heavy atom. The van der Waals surface area contributed by atoms with Crippen molar-refractivity contribution in [3.05, 3.63) is 29.5 Å². The molecule has 1 aliphatic carbocycles. The lowest BCUT2D eigenvalue weighted by atomic mass is 10.1. The van der Waals surface area contributed by atoms with Crippen LogP contribution in [0.15, 0.2) is 16.8 Å². The fourth-order valence-corrected chi connectivity index (χ4v) is 2.77. The molecule has 7 heteroatoms. The van der Waals surface area contributed by atoms with Crippen LogP contribution in [0.4, 0.5) is 0 Å². The molecule has 4 rings (SSSR count). The van der Waals surface area contributed by atoms with E-state index in [1.165, 1.54) is 12.8 Å². The molecule has 1 aliphatic rings. The van der Waals surface area contributed by atoms with Crippen molar-refractivity contribution in [2.45, 2.75) is 39.2 Å². The zero-order valence-corrected chi connectivity index (χ0v) is 12.7. The van der Waals surface area contributed by atoms with Crippen LogP contribution in [0.5, 0.6) is 0 Å². The largest absolute Gasteiger partial charge is 0.339 e. The molecule has 0 spiro atoms. The van der Waals surface area contributed by atoms with Crippen LogP contribution >= 0.6 is 0 Å². The van der Waals surface area contributed by atoms with Crippen molar-refractivity contribution >= 4 is 5.65 Å². The maximum Gasteiger partial charge on any atom is 0.228 e.